The number of hydrogen-bond acceptors (Lipinski definition) is 6. The highest BCUT2D eigenvalue weighted by atomic mass is 19.3. The second kappa shape index (κ2) is 8.27. The lowest BCUT2D eigenvalue weighted by Gasteiger charge is -2.20. The smallest absolute Gasteiger partial charge is 0.261 e. The van der Waals surface area contributed by atoms with E-state index in [1.807, 2.05) is 19.9 Å². The van der Waals surface area contributed by atoms with Crippen molar-refractivity contribution >= 4 is 17.5 Å². The Bertz CT molecular complexity index is 582. The molecule has 0 bridgehead atoms. The number of halogens is 3. The van der Waals surface area contributed by atoms with E-state index >= 15 is 0 Å². The van der Waals surface area contributed by atoms with Crippen molar-refractivity contribution in [3.63, 3.8) is 0 Å². The molecule has 0 spiro atoms. The second-order valence-electron chi connectivity index (χ2n) is 6.01. The van der Waals surface area contributed by atoms with Crippen LogP contribution in [-0.4, -0.2) is 51.3 Å². The van der Waals surface area contributed by atoms with Gasteiger partial charge in [0.25, 0.3) is 6.43 Å². The number of aliphatic hydroxyl groups is 1. The van der Waals surface area contributed by atoms with Crippen LogP contribution in [0.15, 0.2) is 6.08 Å². The number of aromatic nitrogens is 3. The number of aliphatic hydroxyl groups excluding tert-OH is 1. The van der Waals surface area contributed by atoms with Gasteiger partial charge in [-0.2, -0.15) is 15.0 Å². The summed E-state index contributed by atoms with van der Waals surface area (Å²) in [6, 6.07) is -1.66. The molecule has 2 unspecified atom stereocenters. The zero-order valence-corrected chi connectivity index (χ0v) is 13.6. The van der Waals surface area contributed by atoms with Crippen molar-refractivity contribution in [3.05, 3.63) is 11.9 Å². The normalized spacial score (nSPS) is 19.3. The van der Waals surface area contributed by atoms with E-state index in [1.54, 1.807) is 0 Å². The molecule has 24 heavy (non-hydrogen) atoms. The molecule has 1 aliphatic rings. The fourth-order valence-corrected chi connectivity index (χ4v) is 2.31. The Labute approximate surface area is 138 Å². The molecule has 3 N–H and O–H groups in total. The minimum atomic E-state index is -2.88. The Morgan fingerprint density at radius 1 is 1.21 bits per heavy atom. The molecule has 9 heteroatoms. The fourth-order valence-electron chi connectivity index (χ4n) is 2.31. The van der Waals surface area contributed by atoms with Gasteiger partial charge in [-0.05, 0) is 32.3 Å². The Kier molecular flexibility index (Phi) is 6.36. The minimum absolute atomic E-state index is 0.0195. The van der Waals surface area contributed by atoms with Gasteiger partial charge in [0, 0.05) is 12.5 Å². The van der Waals surface area contributed by atoms with Crippen LogP contribution in [-0.2, 0) is 0 Å². The van der Waals surface area contributed by atoms with Crippen LogP contribution in [0.1, 0.15) is 38.9 Å². The van der Waals surface area contributed by atoms with E-state index in [2.05, 4.69) is 25.6 Å². The van der Waals surface area contributed by atoms with E-state index in [0.29, 0.717) is 25.1 Å². The molecule has 1 aromatic rings. The summed E-state index contributed by atoms with van der Waals surface area (Å²) >= 11 is 0. The van der Waals surface area contributed by atoms with Gasteiger partial charge in [0.15, 0.2) is 5.82 Å². The first-order chi connectivity index (χ1) is 11.4. The Morgan fingerprint density at radius 2 is 1.88 bits per heavy atom. The van der Waals surface area contributed by atoms with Gasteiger partial charge < -0.3 is 15.7 Å². The summed E-state index contributed by atoms with van der Waals surface area (Å²) < 4.78 is 38.3. The van der Waals surface area contributed by atoms with Gasteiger partial charge in [0.05, 0.1) is 6.10 Å². The van der Waals surface area contributed by atoms with Gasteiger partial charge >= 0.3 is 0 Å². The second-order valence-corrected chi connectivity index (χ2v) is 6.01. The molecular formula is C15H22F3N5O. The lowest BCUT2D eigenvalue weighted by Crippen LogP contribution is -2.31. The Balaban J connectivity index is 2.32. The summed E-state index contributed by atoms with van der Waals surface area (Å²) in [6.45, 7) is 2.51. The molecule has 1 aromatic heterocycles. The van der Waals surface area contributed by atoms with Gasteiger partial charge in [-0.3, -0.25) is 0 Å². The van der Waals surface area contributed by atoms with Crippen LogP contribution in [0.4, 0.5) is 25.1 Å². The van der Waals surface area contributed by atoms with Gasteiger partial charge in [-0.1, -0.05) is 6.08 Å². The van der Waals surface area contributed by atoms with Crippen molar-refractivity contribution in [2.24, 2.45) is 0 Å². The predicted molar refractivity (Wildman–Crippen MR) is 85.8 cm³/mol. The fraction of sp³-hybridized carbons (Fsp3) is 0.667. The van der Waals surface area contributed by atoms with E-state index in [4.69, 9.17) is 0 Å². The van der Waals surface area contributed by atoms with E-state index in [0.717, 1.165) is 5.57 Å². The average molecular weight is 345 g/mol. The maximum Gasteiger partial charge on any atom is 0.261 e. The highest BCUT2D eigenvalue weighted by Gasteiger charge is 2.23. The monoisotopic (exact) mass is 345 g/mol. The van der Waals surface area contributed by atoms with Crippen molar-refractivity contribution in [3.8, 4) is 0 Å². The summed E-state index contributed by atoms with van der Waals surface area (Å²) in [5.41, 5.74) is 0.722. The molecule has 0 saturated carbocycles. The number of hydrogen-bond donors (Lipinski definition) is 3. The molecule has 1 aliphatic carbocycles. The van der Waals surface area contributed by atoms with Crippen molar-refractivity contribution in [2.75, 3.05) is 17.3 Å². The van der Waals surface area contributed by atoms with E-state index in [1.165, 1.54) is 0 Å². The van der Waals surface area contributed by atoms with Crippen molar-refractivity contribution in [2.45, 2.75) is 57.7 Å². The molecule has 2 atom stereocenters. The summed E-state index contributed by atoms with van der Waals surface area (Å²) in [4.78, 5) is 12.4. The number of alkyl halides is 3. The number of nitrogens with one attached hydrogen (secondary N) is 2. The van der Waals surface area contributed by atoms with Gasteiger partial charge in [-0.15, -0.1) is 0 Å². The van der Waals surface area contributed by atoms with Crippen LogP contribution in [0.25, 0.3) is 5.57 Å². The third kappa shape index (κ3) is 5.05. The zero-order chi connectivity index (χ0) is 17.7. The molecule has 134 valence electrons. The van der Waals surface area contributed by atoms with E-state index < -0.39 is 25.2 Å². The van der Waals surface area contributed by atoms with Gasteiger partial charge in [0.1, 0.15) is 12.7 Å². The van der Waals surface area contributed by atoms with Crippen LogP contribution < -0.4 is 10.6 Å². The summed E-state index contributed by atoms with van der Waals surface area (Å²) in [6.07, 6.45) is 0.261. The van der Waals surface area contributed by atoms with Crippen LogP contribution in [0.5, 0.6) is 0 Å². The number of nitrogens with zero attached hydrogens (tertiary/aromatic N) is 3. The molecule has 0 saturated heterocycles. The zero-order valence-electron chi connectivity index (χ0n) is 13.6. The number of rotatable bonds is 7. The summed E-state index contributed by atoms with van der Waals surface area (Å²) in [5.74, 6) is 0.388. The first-order valence-electron chi connectivity index (χ1n) is 7.89. The molecule has 1 heterocycles. The summed E-state index contributed by atoms with van der Waals surface area (Å²) in [7, 11) is 0. The summed E-state index contributed by atoms with van der Waals surface area (Å²) in [5, 5.41) is 15.1. The number of anilines is 2. The van der Waals surface area contributed by atoms with Crippen LogP contribution >= 0.6 is 0 Å². The molecule has 0 aromatic carbocycles. The van der Waals surface area contributed by atoms with Crippen LogP contribution in [0.3, 0.4) is 0 Å². The third-order valence-corrected chi connectivity index (χ3v) is 3.47. The highest BCUT2D eigenvalue weighted by molar-refractivity contribution is 5.62. The maximum absolute atomic E-state index is 12.8. The molecular weight excluding hydrogens is 323 g/mol. The van der Waals surface area contributed by atoms with Gasteiger partial charge in [0.2, 0.25) is 11.9 Å². The van der Waals surface area contributed by atoms with E-state index in [9.17, 15) is 18.3 Å². The maximum atomic E-state index is 12.8. The standard InChI is InChI=1S/C15H22F3N5O/c1-8(2)19-14-21-13(9-4-3-5-10(24)6-9)22-15(23-14)20-11(7-16)12(17)18/h4,8,10-12,24H,3,5-7H2,1-2H3,(H2,19,20,21,22,23). The first kappa shape index (κ1) is 18.4. The molecule has 0 amide bonds. The predicted octanol–water partition coefficient (Wildman–Crippen LogP) is 2.64. The molecule has 0 aliphatic heterocycles. The number of allylic oxidation sites excluding steroid dienone is 1. The lowest BCUT2D eigenvalue weighted by atomic mass is 9.96. The van der Waals surface area contributed by atoms with Crippen molar-refractivity contribution in [1.82, 2.24) is 15.0 Å². The third-order valence-electron chi connectivity index (χ3n) is 3.47. The SMILES string of the molecule is CC(C)Nc1nc(NC(CF)C(F)F)nc(C2=CCCC(O)C2)n1. The first-order valence-corrected chi connectivity index (χ1v) is 7.89. The van der Waals surface area contributed by atoms with Crippen LogP contribution in [0, 0.1) is 0 Å². The lowest BCUT2D eigenvalue weighted by molar-refractivity contribution is 0.112. The van der Waals surface area contributed by atoms with E-state index in [-0.39, 0.29) is 17.9 Å². The topological polar surface area (TPSA) is 83.0 Å². The molecule has 2 rings (SSSR count). The van der Waals surface area contributed by atoms with Crippen molar-refractivity contribution < 1.29 is 18.3 Å². The quantitative estimate of drug-likeness (QED) is 0.705. The molecule has 0 fully saturated rings. The average Bonchev–Trinajstić information content (AvgIpc) is 2.51. The molecule has 0 radical (unpaired) electrons. The van der Waals surface area contributed by atoms with Crippen LogP contribution in [0.2, 0.25) is 0 Å². The largest absolute Gasteiger partial charge is 0.393 e. The minimum Gasteiger partial charge on any atom is -0.393 e. The molecule has 6 nitrogen and oxygen atoms in total. The van der Waals surface area contributed by atoms with Crippen molar-refractivity contribution in [1.29, 1.82) is 0 Å². The van der Waals surface area contributed by atoms with Gasteiger partial charge in [-0.25, -0.2) is 13.2 Å². The Hall–Kier alpha value is -1.90. The highest BCUT2D eigenvalue weighted by Crippen LogP contribution is 2.26. The Morgan fingerprint density at radius 3 is 2.42 bits per heavy atom.